The third kappa shape index (κ3) is 5.73. The molecule has 5 rings (SSSR count). The highest BCUT2D eigenvalue weighted by Crippen LogP contribution is 2.38. The van der Waals surface area contributed by atoms with E-state index in [2.05, 4.69) is 153 Å². The van der Waals surface area contributed by atoms with Crippen molar-refractivity contribution >= 4 is 42.6 Å². The maximum absolute atomic E-state index is 6.55. The maximum atomic E-state index is 6.55. The lowest BCUT2D eigenvalue weighted by atomic mass is 9.91. The molecule has 0 spiro atoms. The second-order valence-corrected chi connectivity index (χ2v) is 10.7. The average Bonchev–Trinajstić information content (AvgIpc) is 2.91. The van der Waals surface area contributed by atoms with Crippen molar-refractivity contribution < 1.29 is 4.74 Å². The Balaban J connectivity index is 1.60. The van der Waals surface area contributed by atoms with E-state index in [-0.39, 0.29) is 12.1 Å². The third-order valence-corrected chi connectivity index (χ3v) is 7.30. The van der Waals surface area contributed by atoms with Crippen LogP contribution in [0.3, 0.4) is 0 Å². The molecule has 1 N–H and O–H groups in total. The van der Waals surface area contributed by atoms with Crippen LogP contribution in [0.15, 0.2) is 124 Å². The van der Waals surface area contributed by atoms with Crippen LogP contribution in [-0.2, 0) is 6.61 Å². The van der Waals surface area contributed by atoms with E-state index in [4.69, 9.17) is 4.74 Å². The number of rotatable bonds is 8. The molecule has 0 heterocycles. The maximum Gasteiger partial charge on any atom is 0.125 e. The smallest absolute Gasteiger partial charge is 0.125 e. The molecule has 0 unspecified atom stereocenters. The molecule has 0 aliphatic carbocycles. The van der Waals surface area contributed by atoms with E-state index in [1.165, 1.54) is 21.9 Å². The van der Waals surface area contributed by atoms with Gasteiger partial charge >= 0.3 is 0 Å². The van der Waals surface area contributed by atoms with E-state index in [1.54, 1.807) is 0 Å². The minimum absolute atomic E-state index is 0.0586. The number of halogens is 2. The third-order valence-electron chi connectivity index (χ3n) is 6.39. The van der Waals surface area contributed by atoms with Crippen LogP contribution in [0.1, 0.15) is 41.3 Å². The van der Waals surface area contributed by atoms with E-state index in [1.807, 2.05) is 6.07 Å². The summed E-state index contributed by atoms with van der Waals surface area (Å²) in [5, 5.41) is 6.30. The van der Waals surface area contributed by atoms with Gasteiger partial charge in [0, 0.05) is 20.6 Å². The summed E-state index contributed by atoms with van der Waals surface area (Å²) in [6, 6.07) is 40.3. The summed E-state index contributed by atoms with van der Waals surface area (Å²) in [6.07, 6.45) is 0. The summed E-state index contributed by atoms with van der Waals surface area (Å²) < 4.78 is 8.60. The molecule has 0 fully saturated rings. The highest BCUT2D eigenvalue weighted by Gasteiger charge is 2.23. The monoisotopic (exact) mass is 599 g/mol. The van der Waals surface area contributed by atoms with Crippen molar-refractivity contribution in [3.63, 3.8) is 0 Å². The summed E-state index contributed by atoms with van der Waals surface area (Å²) in [6.45, 7) is 2.69. The number of nitrogens with one attached hydrogen (secondary N) is 1. The predicted molar refractivity (Wildman–Crippen MR) is 156 cm³/mol. The molecule has 0 aliphatic heterocycles. The Morgan fingerprint density at radius 2 is 1.31 bits per heavy atom. The fraction of sp³-hybridized carbons (Fsp3) is 0.125. The van der Waals surface area contributed by atoms with Gasteiger partial charge in [0.05, 0.1) is 6.04 Å². The summed E-state index contributed by atoms with van der Waals surface area (Å²) in [5.41, 5.74) is 4.69. The van der Waals surface area contributed by atoms with Gasteiger partial charge in [-0.1, -0.05) is 123 Å². The van der Waals surface area contributed by atoms with Gasteiger partial charge in [0.2, 0.25) is 0 Å². The van der Waals surface area contributed by atoms with Gasteiger partial charge in [-0.25, -0.2) is 0 Å². The molecule has 36 heavy (non-hydrogen) atoms. The molecule has 180 valence electrons. The summed E-state index contributed by atoms with van der Waals surface area (Å²) in [5.74, 6) is 0.881. The molecule has 4 heteroatoms. The van der Waals surface area contributed by atoms with Crippen molar-refractivity contribution in [3.05, 3.63) is 146 Å². The quantitative estimate of drug-likeness (QED) is 0.191. The molecule has 5 aromatic rings. The van der Waals surface area contributed by atoms with Crippen LogP contribution < -0.4 is 10.1 Å². The molecule has 2 atom stereocenters. The van der Waals surface area contributed by atoms with Crippen LogP contribution in [0, 0.1) is 0 Å². The van der Waals surface area contributed by atoms with Crippen LogP contribution in [0.25, 0.3) is 10.8 Å². The minimum atomic E-state index is -0.0586. The first-order valence-electron chi connectivity index (χ1n) is 12.0. The van der Waals surface area contributed by atoms with Crippen molar-refractivity contribution in [2.45, 2.75) is 25.6 Å². The molecule has 0 saturated heterocycles. The second-order valence-electron chi connectivity index (χ2n) is 8.91. The van der Waals surface area contributed by atoms with Crippen LogP contribution >= 0.6 is 31.9 Å². The molecule has 0 aliphatic rings. The predicted octanol–water partition coefficient (Wildman–Crippen LogP) is 9.38. The van der Waals surface area contributed by atoms with Crippen LogP contribution in [-0.4, -0.2) is 0 Å². The fourth-order valence-corrected chi connectivity index (χ4v) is 6.02. The summed E-state index contributed by atoms with van der Waals surface area (Å²) in [4.78, 5) is 0. The Labute approximate surface area is 229 Å². The van der Waals surface area contributed by atoms with Crippen molar-refractivity contribution in [1.29, 1.82) is 0 Å². The molecule has 0 bridgehead atoms. The van der Waals surface area contributed by atoms with Crippen LogP contribution in [0.2, 0.25) is 0 Å². The zero-order valence-electron chi connectivity index (χ0n) is 20.0. The zero-order chi connectivity index (χ0) is 24.9. The molecular weight excluding hydrogens is 574 g/mol. The van der Waals surface area contributed by atoms with E-state index >= 15 is 0 Å². The van der Waals surface area contributed by atoms with Crippen LogP contribution in [0.5, 0.6) is 5.75 Å². The Bertz CT molecular complexity index is 1430. The molecular formula is C32H27Br2NO. The minimum Gasteiger partial charge on any atom is -0.489 e. The lowest BCUT2D eigenvalue weighted by Gasteiger charge is -2.28. The number of benzene rings is 5. The van der Waals surface area contributed by atoms with Crippen molar-refractivity contribution in [3.8, 4) is 5.75 Å². The first-order chi connectivity index (χ1) is 17.6. The van der Waals surface area contributed by atoms with E-state index < -0.39 is 0 Å². The van der Waals surface area contributed by atoms with E-state index in [9.17, 15) is 0 Å². The molecule has 0 amide bonds. The van der Waals surface area contributed by atoms with Gasteiger partial charge in [-0.05, 0) is 58.7 Å². The van der Waals surface area contributed by atoms with Gasteiger partial charge < -0.3 is 4.74 Å². The Kier molecular flexibility index (Phi) is 7.86. The Morgan fingerprint density at radius 3 is 2.00 bits per heavy atom. The van der Waals surface area contributed by atoms with E-state index in [0.717, 1.165) is 25.8 Å². The number of hydrogen-bond acceptors (Lipinski definition) is 2. The van der Waals surface area contributed by atoms with Gasteiger partial charge in [-0.3, -0.25) is 5.32 Å². The summed E-state index contributed by atoms with van der Waals surface area (Å²) >= 11 is 7.19. The fourth-order valence-electron chi connectivity index (χ4n) is 4.63. The van der Waals surface area contributed by atoms with Gasteiger partial charge in [0.25, 0.3) is 0 Å². The van der Waals surface area contributed by atoms with Gasteiger partial charge in [-0.15, -0.1) is 0 Å². The topological polar surface area (TPSA) is 21.3 Å². The number of ether oxygens (including phenoxy) is 1. The van der Waals surface area contributed by atoms with Crippen LogP contribution in [0.4, 0.5) is 0 Å². The SMILES string of the molecule is C[C@H](N[C@@H](c1ccccc1)c1c(OCc2cc(Br)cc(Br)c2)ccc2ccccc12)c1ccccc1. The summed E-state index contributed by atoms with van der Waals surface area (Å²) in [7, 11) is 0. The number of fused-ring (bicyclic) bond motifs is 1. The molecule has 5 aromatic carbocycles. The van der Waals surface area contributed by atoms with Gasteiger partial charge in [-0.2, -0.15) is 0 Å². The zero-order valence-corrected chi connectivity index (χ0v) is 23.2. The number of hydrogen-bond donors (Lipinski definition) is 1. The molecule has 0 saturated carbocycles. The highest BCUT2D eigenvalue weighted by molar-refractivity contribution is 9.11. The van der Waals surface area contributed by atoms with Gasteiger partial charge in [0.15, 0.2) is 0 Å². The largest absolute Gasteiger partial charge is 0.489 e. The first kappa shape index (κ1) is 24.8. The highest BCUT2D eigenvalue weighted by atomic mass is 79.9. The lowest BCUT2D eigenvalue weighted by Crippen LogP contribution is -2.26. The van der Waals surface area contributed by atoms with Gasteiger partial charge in [0.1, 0.15) is 12.4 Å². The molecule has 2 nitrogen and oxygen atoms in total. The van der Waals surface area contributed by atoms with Crippen molar-refractivity contribution in [2.75, 3.05) is 0 Å². The van der Waals surface area contributed by atoms with Crippen molar-refractivity contribution in [2.24, 2.45) is 0 Å². The Hall–Kier alpha value is -2.92. The standard InChI is InChI=1S/C32H27Br2NO/c1-22(24-10-4-2-5-11-24)35-32(26-13-6-3-7-14-26)31-29-15-9-8-12-25(29)16-17-30(31)36-21-23-18-27(33)20-28(34)19-23/h2-20,22,32,35H,21H2,1H3/t22-,32-/m0/s1. The molecule has 0 radical (unpaired) electrons. The molecule has 0 aromatic heterocycles. The normalized spacial score (nSPS) is 12.9. The average molecular weight is 601 g/mol. The first-order valence-corrected chi connectivity index (χ1v) is 13.6. The second kappa shape index (κ2) is 11.4. The van der Waals surface area contributed by atoms with Crippen molar-refractivity contribution in [1.82, 2.24) is 5.32 Å². The van der Waals surface area contributed by atoms with E-state index in [0.29, 0.717) is 6.61 Å². The Morgan fingerprint density at radius 1 is 0.694 bits per heavy atom. The lowest BCUT2D eigenvalue weighted by molar-refractivity contribution is 0.300.